The van der Waals surface area contributed by atoms with E-state index in [1.807, 2.05) is 36.4 Å². The molecule has 1 amide bonds. The van der Waals surface area contributed by atoms with Crippen LogP contribution in [0.15, 0.2) is 72.8 Å². The first-order chi connectivity index (χ1) is 16.6. The number of hydrogen-bond donors (Lipinski definition) is 1. The molecule has 1 saturated heterocycles. The molecule has 0 radical (unpaired) electrons. The molecule has 1 aromatic heterocycles. The van der Waals surface area contributed by atoms with Gasteiger partial charge in [-0.3, -0.25) is 4.79 Å². The molecule has 0 bridgehead atoms. The number of piperidine rings is 1. The van der Waals surface area contributed by atoms with Crippen molar-refractivity contribution in [3.05, 3.63) is 101 Å². The second-order valence-electron chi connectivity index (χ2n) is 9.96. The number of nitrogens with one attached hydrogen (secondary N) is 1. The van der Waals surface area contributed by atoms with Gasteiger partial charge in [-0.2, -0.15) is 0 Å². The van der Waals surface area contributed by atoms with E-state index >= 15 is 0 Å². The quantitative estimate of drug-likeness (QED) is 0.436. The molecule has 34 heavy (non-hydrogen) atoms. The van der Waals surface area contributed by atoms with Crippen molar-refractivity contribution in [2.45, 2.75) is 31.6 Å². The van der Waals surface area contributed by atoms with E-state index in [0.717, 1.165) is 43.7 Å². The largest absolute Gasteiger partial charge is 0.497 e. The summed E-state index contributed by atoms with van der Waals surface area (Å²) in [7, 11) is 1.73. The van der Waals surface area contributed by atoms with E-state index in [1.165, 1.54) is 33.3 Å². The van der Waals surface area contributed by atoms with E-state index in [9.17, 15) is 4.79 Å². The summed E-state index contributed by atoms with van der Waals surface area (Å²) in [6.45, 7) is 3.67. The first-order valence-electron chi connectivity index (χ1n) is 12.2. The molecule has 1 aliphatic carbocycles. The van der Waals surface area contributed by atoms with Crippen molar-refractivity contribution in [3.8, 4) is 5.75 Å². The Morgan fingerprint density at radius 3 is 2.74 bits per heavy atom. The van der Waals surface area contributed by atoms with Crippen molar-refractivity contribution in [2.75, 3.05) is 20.2 Å². The number of carbonyl (C=O) groups excluding carboxylic acids is 1. The first kappa shape index (κ1) is 21.0. The highest BCUT2D eigenvalue weighted by Gasteiger charge is 2.49. The summed E-state index contributed by atoms with van der Waals surface area (Å²) in [5.74, 6) is 1.38. The zero-order valence-electron chi connectivity index (χ0n) is 19.8. The van der Waals surface area contributed by atoms with Gasteiger partial charge in [0, 0.05) is 40.7 Å². The fraction of sp³-hybridized carbons (Fsp3) is 0.300. The molecule has 2 aliphatic rings. The molecule has 4 aromatic rings. The van der Waals surface area contributed by atoms with Crippen molar-refractivity contribution < 1.29 is 9.53 Å². The lowest BCUT2D eigenvalue weighted by Crippen LogP contribution is -2.55. The van der Waals surface area contributed by atoms with Crippen molar-refractivity contribution in [1.82, 2.24) is 9.88 Å². The van der Waals surface area contributed by atoms with Gasteiger partial charge in [-0.25, -0.2) is 0 Å². The molecule has 3 aromatic carbocycles. The highest BCUT2D eigenvalue weighted by molar-refractivity contribution is 5.94. The Hall–Kier alpha value is -3.53. The number of rotatable bonds is 3. The molecule has 2 unspecified atom stereocenters. The molecule has 1 aliphatic heterocycles. The molecule has 4 heteroatoms. The van der Waals surface area contributed by atoms with Crippen LogP contribution in [0.4, 0.5) is 0 Å². The summed E-state index contributed by atoms with van der Waals surface area (Å²) in [6.07, 6.45) is 2.87. The number of fused-ring (bicyclic) bond motifs is 4. The first-order valence-corrected chi connectivity index (χ1v) is 12.2. The summed E-state index contributed by atoms with van der Waals surface area (Å²) in [5.41, 5.74) is 7.34. The van der Waals surface area contributed by atoms with Gasteiger partial charge in [0.1, 0.15) is 5.75 Å². The third-order valence-electron chi connectivity index (χ3n) is 8.10. The third-order valence-corrected chi connectivity index (χ3v) is 8.10. The summed E-state index contributed by atoms with van der Waals surface area (Å²) < 4.78 is 5.60. The van der Waals surface area contributed by atoms with Crippen LogP contribution >= 0.6 is 0 Å². The topological polar surface area (TPSA) is 45.3 Å². The SMILES string of the molecule is COc1cccc(C23CCN(C(=O)c4ccccc4)CC2Cc2c([nH]c4cc(C)ccc24)C3)c1. The number of aromatic amines is 1. The number of nitrogens with zero attached hydrogens (tertiary/aromatic N) is 1. The summed E-state index contributed by atoms with van der Waals surface area (Å²) in [4.78, 5) is 19.2. The number of methoxy groups -OCH3 is 1. The van der Waals surface area contributed by atoms with Crippen LogP contribution in [0.3, 0.4) is 0 Å². The Bertz CT molecular complexity index is 1370. The van der Waals surface area contributed by atoms with E-state index < -0.39 is 0 Å². The molecule has 0 spiro atoms. The van der Waals surface area contributed by atoms with Crippen LogP contribution in [0.5, 0.6) is 5.75 Å². The Kier molecular flexibility index (Phi) is 4.98. The van der Waals surface area contributed by atoms with Gasteiger partial charge in [0.25, 0.3) is 5.91 Å². The van der Waals surface area contributed by atoms with Gasteiger partial charge < -0.3 is 14.6 Å². The van der Waals surface area contributed by atoms with E-state index in [-0.39, 0.29) is 11.3 Å². The second kappa shape index (κ2) is 8.05. The number of amides is 1. The Labute approximate surface area is 200 Å². The highest BCUT2D eigenvalue weighted by atomic mass is 16.5. The molecule has 1 N–H and O–H groups in total. The number of hydrogen-bond acceptors (Lipinski definition) is 2. The molecule has 2 heterocycles. The Morgan fingerprint density at radius 1 is 1.06 bits per heavy atom. The minimum Gasteiger partial charge on any atom is -0.497 e. The molecular weight excluding hydrogens is 420 g/mol. The van der Waals surface area contributed by atoms with Gasteiger partial charge >= 0.3 is 0 Å². The number of aromatic nitrogens is 1. The van der Waals surface area contributed by atoms with Crippen LogP contribution in [0.25, 0.3) is 10.9 Å². The summed E-state index contributed by atoms with van der Waals surface area (Å²) >= 11 is 0. The molecule has 0 saturated carbocycles. The Morgan fingerprint density at radius 2 is 1.91 bits per heavy atom. The van der Waals surface area contributed by atoms with Gasteiger partial charge in [0.05, 0.1) is 7.11 Å². The summed E-state index contributed by atoms with van der Waals surface area (Å²) in [5, 5.41) is 1.33. The van der Waals surface area contributed by atoms with Crippen LogP contribution in [0, 0.1) is 12.8 Å². The molecular formula is C30H30N2O2. The van der Waals surface area contributed by atoms with Gasteiger partial charge in [-0.1, -0.05) is 42.5 Å². The maximum absolute atomic E-state index is 13.4. The van der Waals surface area contributed by atoms with Gasteiger partial charge in [-0.05, 0) is 79.1 Å². The number of ether oxygens (including phenoxy) is 1. The fourth-order valence-electron chi connectivity index (χ4n) is 6.30. The standard InChI is InChI=1S/C30H30N2O2/c1-20-11-12-25-26-17-23-19-32(29(33)21-7-4-3-5-8-21)14-13-30(23,18-28(26)31-27(25)15-20)22-9-6-10-24(16-22)34-2/h3-12,15-16,23,31H,13-14,17-19H2,1-2H3. The second-order valence-corrected chi connectivity index (χ2v) is 9.96. The fourth-order valence-corrected chi connectivity index (χ4v) is 6.30. The van der Waals surface area contributed by atoms with Crippen molar-refractivity contribution >= 4 is 16.8 Å². The number of likely N-dealkylation sites (tertiary alicyclic amines) is 1. The van der Waals surface area contributed by atoms with Gasteiger partial charge in [-0.15, -0.1) is 0 Å². The van der Waals surface area contributed by atoms with Crippen LogP contribution in [-0.4, -0.2) is 36.0 Å². The monoisotopic (exact) mass is 450 g/mol. The van der Waals surface area contributed by atoms with Crippen LogP contribution in [0.1, 0.15) is 39.2 Å². The molecule has 172 valence electrons. The summed E-state index contributed by atoms with van der Waals surface area (Å²) in [6, 6.07) is 25.0. The average molecular weight is 451 g/mol. The smallest absolute Gasteiger partial charge is 0.253 e. The third kappa shape index (κ3) is 3.32. The van der Waals surface area contributed by atoms with Gasteiger partial charge in [0.15, 0.2) is 0 Å². The number of carbonyl (C=O) groups is 1. The van der Waals surface area contributed by atoms with E-state index in [4.69, 9.17) is 4.74 Å². The van der Waals surface area contributed by atoms with Gasteiger partial charge in [0.2, 0.25) is 0 Å². The zero-order chi connectivity index (χ0) is 23.3. The zero-order valence-corrected chi connectivity index (χ0v) is 19.8. The normalized spacial score (nSPS) is 21.7. The average Bonchev–Trinajstić information content (AvgIpc) is 3.22. The lowest BCUT2D eigenvalue weighted by atomic mass is 9.58. The predicted octanol–water partition coefficient (Wildman–Crippen LogP) is 5.68. The number of aryl methyl sites for hydroxylation is 1. The number of benzene rings is 3. The number of H-pyrrole nitrogens is 1. The lowest BCUT2D eigenvalue weighted by molar-refractivity contribution is 0.0501. The predicted molar refractivity (Wildman–Crippen MR) is 136 cm³/mol. The minimum absolute atomic E-state index is 0.0229. The maximum atomic E-state index is 13.4. The molecule has 2 atom stereocenters. The van der Waals surface area contributed by atoms with Crippen molar-refractivity contribution in [1.29, 1.82) is 0 Å². The van der Waals surface area contributed by atoms with Crippen LogP contribution in [0.2, 0.25) is 0 Å². The minimum atomic E-state index is -0.0229. The van der Waals surface area contributed by atoms with Crippen molar-refractivity contribution in [2.24, 2.45) is 5.92 Å². The van der Waals surface area contributed by atoms with E-state index in [1.54, 1.807) is 7.11 Å². The molecule has 4 nitrogen and oxygen atoms in total. The Balaban J connectivity index is 1.43. The van der Waals surface area contributed by atoms with E-state index in [2.05, 4.69) is 53.2 Å². The van der Waals surface area contributed by atoms with E-state index in [0.29, 0.717) is 5.92 Å². The maximum Gasteiger partial charge on any atom is 0.253 e. The molecule has 6 rings (SSSR count). The van der Waals surface area contributed by atoms with Crippen molar-refractivity contribution in [3.63, 3.8) is 0 Å². The van der Waals surface area contributed by atoms with Crippen LogP contribution in [-0.2, 0) is 18.3 Å². The molecule has 1 fully saturated rings. The lowest BCUT2D eigenvalue weighted by Gasteiger charge is -2.51. The highest BCUT2D eigenvalue weighted by Crippen LogP contribution is 2.49. The van der Waals surface area contributed by atoms with Crippen LogP contribution < -0.4 is 4.74 Å².